The van der Waals surface area contributed by atoms with Crippen LogP contribution in [0.3, 0.4) is 0 Å². The third kappa shape index (κ3) is 5.05. The van der Waals surface area contributed by atoms with Gasteiger partial charge in [0.05, 0.1) is 18.5 Å². The first-order valence-corrected chi connectivity index (χ1v) is 10.4. The number of amides is 1. The first-order valence-electron chi connectivity index (χ1n) is 8.21. The Hall–Kier alpha value is -2.45. The summed E-state index contributed by atoms with van der Waals surface area (Å²) in [6.45, 7) is 0.153. The Morgan fingerprint density at radius 1 is 1.19 bits per heavy atom. The molecule has 0 bridgehead atoms. The van der Waals surface area contributed by atoms with E-state index in [1.165, 1.54) is 0 Å². The summed E-state index contributed by atoms with van der Waals surface area (Å²) in [4.78, 5) is 12.3. The molecule has 3 rings (SSSR count). The van der Waals surface area contributed by atoms with Crippen molar-refractivity contribution < 1.29 is 22.7 Å². The van der Waals surface area contributed by atoms with Crippen LogP contribution in [0.1, 0.15) is 0 Å². The number of hydrogen-bond acceptors (Lipinski definition) is 5. The van der Waals surface area contributed by atoms with E-state index in [0.29, 0.717) is 28.8 Å². The highest BCUT2D eigenvalue weighted by atomic mass is 35.5. The van der Waals surface area contributed by atoms with Crippen LogP contribution in [0.25, 0.3) is 0 Å². The Labute approximate surface area is 162 Å². The van der Waals surface area contributed by atoms with Gasteiger partial charge in [0.1, 0.15) is 19.3 Å². The number of para-hydroxylation sites is 2. The maximum atomic E-state index is 12.3. The van der Waals surface area contributed by atoms with Gasteiger partial charge in [-0.25, -0.2) is 8.42 Å². The van der Waals surface area contributed by atoms with Crippen molar-refractivity contribution in [2.45, 2.75) is 6.10 Å². The Morgan fingerprint density at radius 3 is 2.52 bits per heavy atom. The largest absolute Gasteiger partial charge is 0.486 e. The molecule has 1 atom stereocenters. The van der Waals surface area contributed by atoms with Crippen molar-refractivity contribution in [2.75, 3.05) is 30.3 Å². The Kier molecular flexibility index (Phi) is 5.76. The van der Waals surface area contributed by atoms with Crippen molar-refractivity contribution in [1.82, 2.24) is 5.32 Å². The minimum absolute atomic E-state index is 0.200. The summed E-state index contributed by atoms with van der Waals surface area (Å²) in [6, 6.07) is 13.5. The first-order chi connectivity index (χ1) is 12.8. The van der Waals surface area contributed by atoms with E-state index in [1.54, 1.807) is 36.4 Å². The molecule has 0 aromatic heterocycles. The smallest absolute Gasteiger partial charge is 0.240 e. The molecule has 0 aliphatic carbocycles. The van der Waals surface area contributed by atoms with E-state index in [-0.39, 0.29) is 19.2 Å². The fourth-order valence-electron chi connectivity index (χ4n) is 2.59. The van der Waals surface area contributed by atoms with Crippen LogP contribution in [0.2, 0.25) is 5.02 Å². The molecule has 27 heavy (non-hydrogen) atoms. The summed E-state index contributed by atoms with van der Waals surface area (Å²) in [5.41, 5.74) is 0.364. The standard InChI is InChI=1S/C18H19ClN2O5S/c1-27(23,24)21(14-8-6-13(19)7-9-14)11-18(22)20-10-15-12-25-16-4-2-3-5-17(16)26-15/h2-9,15H,10-12H2,1H3,(H,20,22). The molecule has 1 aliphatic rings. The van der Waals surface area contributed by atoms with Crippen LogP contribution in [0.5, 0.6) is 11.5 Å². The van der Waals surface area contributed by atoms with Crippen LogP contribution in [0.4, 0.5) is 5.69 Å². The van der Waals surface area contributed by atoms with Crippen LogP contribution in [-0.2, 0) is 14.8 Å². The molecular formula is C18H19ClN2O5S. The van der Waals surface area contributed by atoms with E-state index in [9.17, 15) is 13.2 Å². The summed E-state index contributed by atoms with van der Waals surface area (Å²) < 4.78 is 36.5. The second-order valence-electron chi connectivity index (χ2n) is 6.05. The van der Waals surface area contributed by atoms with Crippen LogP contribution >= 0.6 is 11.6 Å². The summed E-state index contributed by atoms with van der Waals surface area (Å²) in [7, 11) is -3.64. The van der Waals surface area contributed by atoms with Crippen molar-refractivity contribution in [3.63, 3.8) is 0 Å². The molecule has 9 heteroatoms. The monoisotopic (exact) mass is 410 g/mol. The highest BCUT2D eigenvalue weighted by molar-refractivity contribution is 7.92. The number of anilines is 1. The molecule has 0 fully saturated rings. The zero-order chi connectivity index (χ0) is 19.4. The maximum absolute atomic E-state index is 12.3. The van der Waals surface area contributed by atoms with Crippen LogP contribution in [0.15, 0.2) is 48.5 Å². The van der Waals surface area contributed by atoms with Crippen molar-refractivity contribution >= 4 is 33.2 Å². The lowest BCUT2D eigenvalue weighted by Gasteiger charge is -2.27. The average Bonchev–Trinajstić information content (AvgIpc) is 2.64. The molecule has 1 unspecified atom stereocenters. The molecule has 2 aromatic carbocycles. The number of benzene rings is 2. The highest BCUT2D eigenvalue weighted by Gasteiger charge is 2.24. The van der Waals surface area contributed by atoms with E-state index in [2.05, 4.69) is 5.32 Å². The van der Waals surface area contributed by atoms with Gasteiger partial charge in [-0.15, -0.1) is 0 Å². The molecule has 0 spiro atoms. The van der Waals surface area contributed by atoms with Crippen molar-refractivity contribution in [2.24, 2.45) is 0 Å². The fourth-order valence-corrected chi connectivity index (χ4v) is 3.57. The fraction of sp³-hybridized carbons (Fsp3) is 0.278. The Balaban J connectivity index is 1.59. The van der Waals surface area contributed by atoms with Gasteiger partial charge in [0.2, 0.25) is 15.9 Å². The number of nitrogens with zero attached hydrogens (tertiary/aromatic N) is 1. The molecule has 1 N–H and O–H groups in total. The molecule has 1 aliphatic heterocycles. The molecule has 7 nitrogen and oxygen atoms in total. The normalized spacial score (nSPS) is 15.9. The number of sulfonamides is 1. The lowest BCUT2D eigenvalue weighted by molar-refractivity contribution is -0.120. The number of fused-ring (bicyclic) bond motifs is 1. The first kappa shape index (κ1) is 19.3. The molecule has 0 saturated carbocycles. The van der Waals surface area contributed by atoms with Crippen molar-refractivity contribution in [1.29, 1.82) is 0 Å². The van der Waals surface area contributed by atoms with E-state index >= 15 is 0 Å². The van der Waals surface area contributed by atoms with Gasteiger partial charge in [-0.05, 0) is 36.4 Å². The second-order valence-corrected chi connectivity index (χ2v) is 8.39. The number of ether oxygens (including phenoxy) is 2. The molecule has 1 heterocycles. The lowest BCUT2D eigenvalue weighted by Crippen LogP contribution is -2.45. The summed E-state index contributed by atoms with van der Waals surface area (Å²) >= 11 is 5.84. The zero-order valence-electron chi connectivity index (χ0n) is 14.6. The Bertz CT molecular complexity index is 918. The van der Waals surface area contributed by atoms with E-state index in [4.69, 9.17) is 21.1 Å². The van der Waals surface area contributed by atoms with E-state index < -0.39 is 15.9 Å². The zero-order valence-corrected chi connectivity index (χ0v) is 16.2. The van der Waals surface area contributed by atoms with Gasteiger partial charge in [-0.2, -0.15) is 0 Å². The van der Waals surface area contributed by atoms with Crippen molar-refractivity contribution in [3.8, 4) is 11.5 Å². The van der Waals surface area contributed by atoms with Crippen LogP contribution in [0, 0.1) is 0 Å². The van der Waals surface area contributed by atoms with E-state index in [1.807, 2.05) is 12.1 Å². The van der Waals surface area contributed by atoms with Gasteiger partial charge in [0.25, 0.3) is 0 Å². The van der Waals surface area contributed by atoms with Gasteiger partial charge in [-0.3, -0.25) is 9.10 Å². The molecule has 0 saturated heterocycles. The predicted molar refractivity (Wildman–Crippen MR) is 103 cm³/mol. The number of hydrogen-bond donors (Lipinski definition) is 1. The quantitative estimate of drug-likeness (QED) is 0.787. The van der Waals surface area contributed by atoms with Crippen LogP contribution in [-0.4, -0.2) is 46.4 Å². The second kappa shape index (κ2) is 8.06. The minimum atomic E-state index is -3.64. The highest BCUT2D eigenvalue weighted by Crippen LogP contribution is 2.30. The van der Waals surface area contributed by atoms with Gasteiger partial charge in [-0.1, -0.05) is 23.7 Å². The van der Waals surface area contributed by atoms with Gasteiger partial charge < -0.3 is 14.8 Å². The topological polar surface area (TPSA) is 84.9 Å². The third-order valence-electron chi connectivity index (χ3n) is 3.90. The van der Waals surface area contributed by atoms with Crippen molar-refractivity contribution in [3.05, 3.63) is 53.6 Å². The number of carbonyl (C=O) groups excluding carboxylic acids is 1. The molecule has 2 aromatic rings. The summed E-state index contributed by atoms with van der Waals surface area (Å²) in [6.07, 6.45) is 0.690. The lowest BCUT2D eigenvalue weighted by atomic mass is 10.2. The maximum Gasteiger partial charge on any atom is 0.240 e. The Morgan fingerprint density at radius 2 is 1.85 bits per heavy atom. The molecule has 1 amide bonds. The molecule has 144 valence electrons. The summed E-state index contributed by atoms with van der Waals surface area (Å²) in [5.74, 6) is 0.825. The number of halogens is 1. The SMILES string of the molecule is CS(=O)(=O)N(CC(=O)NCC1COc2ccccc2O1)c1ccc(Cl)cc1. The van der Waals surface area contributed by atoms with Gasteiger partial charge in [0.15, 0.2) is 11.5 Å². The van der Waals surface area contributed by atoms with Crippen LogP contribution < -0.4 is 19.1 Å². The predicted octanol–water partition coefficient (Wildman–Crippen LogP) is 2.06. The van der Waals surface area contributed by atoms with Gasteiger partial charge >= 0.3 is 0 Å². The number of nitrogens with one attached hydrogen (secondary N) is 1. The summed E-state index contributed by atoms with van der Waals surface area (Å²) in [5, 5.41) is 3.17. The number of rotatable bonds is 6. The van der Waals surface area contributed by atoms with Gasteiger partial charge in [0, 0.05) is 5.02 Å². The number of carbonyl (C=O) groups is 1. The average molecular weight is 411 g/mol. The van der Waals surface area contributed by atoms with E-state index in [0.717, 1.165) is 10.6 Å². The third-order valence-corrected chi connectivity index (χ3v) is 5.29. The minimum Gasteiger partial charge on any atom is -0.486 e. The molecule has 0 radical (unpaired) electrons. The molecular weight excluding hydrogens is 392 g/mol.